The van der Waals surface area contributed by atoms with E-state index >= 15 is 0 Å². The molecule has 196 valence electrons. The van der Waals surface area contributed by atoms with Crippen molar-refractivity contribution in [1.29, 1.82) is 0 Å². The van der Waals surface area contributed by atoms with Gasteiger partial charge < -0.3 is 19.5 Å². The lowest BCUT2D eigenvalue weighted by molar-refractivity contribution is -0.362. The lowest BCUT2D eigenvalue weighted by Gasteiger charge is -2.25. The number of nitrogens with zero attached hydrogens (tertiary/aromatic N) is 3. The molecule has 0 radical (unpaired) electrons. The van der Waals surface area contributed by atoms with E-state index in [0.29, 0.717) is 10.9 Å². The van der Waals surface area contributed by atoms with Crippen LogP contribution in [0, 0.1) is 11.6 Å². The summed E-state index contributed by atoms with van der Waals surface area (Å²) in [6.07, 6.45) is -5.33. The Bertz CT molecular complexity index is 1430. The van der Waals surface area contributed by atoms with E-state index in [1.165, 1.54) is 26.0 Å². The van der Waals surface area contributed by atoms with E-state index < -0.39 is 63.7 Å². The van der Waals surface area contributed by atoms with Crippen molar-refractivity contribution < 1.29 is 41.4 Å². The van der Waals surface area contributed by atoms with Crippen LogP contribution in [-0.4, -0.2) is 31.3 Å². The largest absolute Gasteiger partial charge is 0.434 e. The van der Waals surface area contributed by atoms with Crippen molar-refractivity contribution in [2.75, 3.05) is 0 Å². The quantitative estimate of drug-likeness (QED) is 0.211. The summed E-state index contributed by atoms with van der Waals surface area (Å²) in [7, 11) is 0. The predicted octanol–water partition coefficient (Wildman–Crippen LogP) is 6.32. The van der Waals surface area contributed by atoms with Gasteiger partial charge in [-0.15, -0.1) is 0 Å². The zero-order valence-electron chi connectivity index (χ0n) is 18.8. The third-order valence-electron chi connectivity index (χ3n) is 4.99. The van der Waals surface area contributed by atoms with Crippen molar-refractivity contribution in [3.63, 3.8) is 0 Å². The molecule has 2 heterocycles. The van der Waals surface area contributed by atoms with E-state index in [9.17, 15) is 32.2 Å². The van der Waals surface area contributed by atoms with Crippen molar-refractivity contribution in [3.05, 3.63) is 75.5 Å². The second-order valence-corrected chi connectivity index (χ2v) is 8.89. The fourth-order valence-corrected chi connectivity index (χ4v) is 4.17. The number of ether oxygens (including phenoxy) is 1. The van der Waals surface area contributed by atoms with Crippen LogP contribution in [0.5, 0.6) is 0 Å². The molecule has 37 heavy (non-hydrogen) atoms. The van der Waals surface area contributed by atoms with Gasteiger partial charge in [-0.05, 0) is 44.2 Å². The predicted molar refractivity (Wildman–Crippen MR) is 122 cm³/mol. The summed E-state index contributed by atoms with van der Waals surface area (Å²) < 4.78 is 82.2. The standard InChI is InChI=1S/C23H16Cl2F5N3O4/c1-10(2)36-23(34,35)18-19(17-15(25)4-3-5-16(17)27)32-37-20(18)14-9-31-33(21(14)22(28,29)30)13-7-11(24)6-12(26)8-13/h3-10,34-35H,1-2H3. The molecule has 4 aromatic rings. The minimum Gasteiger partial charge on any atom is -0.355 e. The topological polar surface area (TPSA) is 93.5 Å². The number of benzene rings is 2. The van der Waals surface area contributed by atoms with Gasteiger partial charge in [0.05, 0.1) is 34.1 Å². The Morgan fingerprint density at radius 2 is 1.78 bits per heavy atom. The van der Waals surface area contributed by atoms with Gasteiger partial charge in [-0.25, -0.2) is 13.5 Å². The Morgan fingerprint density at radius 3 is 2.38 bits per heavy atom. The number of hydrogen-bond donors (Lipinski definition) is 2. The second kappa shape index (κ2) is 9.69. The molecule has 0 fully saturated rings. The highest BCUT2D eigenvalue weighted by Gasteiger charge is 2.45. The highest BCUT2D eigenvalue weighted by atomic mass is 35.5. The molecule has 2 N–H and O–H groups in total. The molecular weight excluding hydrogens is 548 g/mol. The molecule has 0 saturated heterocycles. The summed E-state index contributed by atoms with van der Waals surface area (Å²) in [6, 6.07) is 6.17. The van der Waals surface area contributed by atoms with Gasteiger partial charge in [0.2, 0.25) is 0 Å². The van der Waals surface area contributed by atoms with E-state index in [1.807, 2.05) is 0 Å². The van der Waals surface area contributed by atoms with Crippen molar-refractivity contribution in [3.8, 4) is 28.3 Å². The van der Waals surface area contributed by atoms with E-state index in [-0.39, 0.29) is 15.7 Å². The number of aliphatic hydroxyl groups is 2. The Kier molecular flexibility index (Phi) is 7.08. The average molecular weight is 564 g/mol. The first kappa shape index (κ1) is 27.0. The molecule has 0 saturated carbocycles. The Hall–Kier alpha value is -3.03. The van der Waals surface area contributed by atoms with E-state index in [0.717, 1.165) is 24.3 Å². The number of aromatic nitrogens is 3. The normalized spacial score (nSPS) is 12.5. The summed E-state index contributed by atoms with van der Waals surface area (Å²) in [5, 5.41) is 28.4. The molecule has 0 aliphatic heterocycles. The van der Waals surface area contributed by atoms with E-state index in [4.69, 9.17) is 32.5 Å². The number of halogens is 7. The fraction of sp³-hybridized carbons (Fsp3) is 0.217. The lowest BCUT2D eigenvalue weighted by atomic mass is 10.00. The smallest absolute Gasteiger partial charge is 0.355 e. The first-order valence-electron chi connectivity index (χ1n) is 10.4. The third kappa shape index (κ3) is 5.20. The molecular formula is C23H16Cl2F5N3O4. The summed E-state index contributed by atoms with van der Waals surface area (Å²) >= 11 is 11.9. The molecule has 0 unspecified atom stereocenters. The van der Waals surface area contributed by atoms with Gasteiger partial charge in [-0.3, -0.25) is 0 Å². The van der Waals surface area contributed by atoms with Crippen molar-refractivity contribution in [2.24, 2.45) is 0 Å². The van der Waals surface area contributed by atoms with Gasteiger partial charge in [0.15, 0.2) is 11.5 Å². The van der Waals surface area contributed by atoms with Gasteiger partial charge in [-0.1, -0.05) is 34.4 Å². The monoisotopic (exact) mass is 563 g/mol. The molecule has 0 spiro atoms. The molecule has 2 aromatic carbocycles. The zero-order valence-corrected chi connectivity index (χ0v) is 20.3. The number of alkyl halides is 3. The van der Waals surface area contributed by atoms with Crippen LogP contribution in [0.4, 0.5) is 22.0 Å². The molecule has 2 aromatic heterocycles. The Labute approximate surface area is 215 Å². The van der Waals surface area contributed by atoms with Crippen molar-refractivity contribution in [1.82, 2.24) is 14.9 Å². The highest BCUT2D eigenvalue weighted by molar-refractivity contribution is 6.33. The lowest BCUT2D eigenvalue weighted by Crippen LogP contribution is -2.32. The van der Waals surface area contributed by atoms with Crippen molar-refractivity contribution >= 4 is 23.2 Å². The van der Waals surface area contributed by atoms with Crippen LogP contribution >= 0.6 is 23.2 Å². The maximum atomic E-state index is 14.7. The minimum absolute atomic E-state index is 0.202. The Morgan fingerprint density at radius 1 is 1.08 bits per heavy atom. The van der Waals surface area contributed by atoms with Gasteiger partial charge in [-0.2, -0.15) is 18.3 Å². The molecule has 0 bridgehead atoms. The summed E-state index contributed by atoms with van der Waals surface area (Å²) in [5.41, 5.74) is -4.70. The number of rotatable bonds is 6. The summed E-state index contributed by atoms with van der Waals surface area (Å²) in [4.78, 5) is 0. The van der Waals surface area contributed by atoms with Gasteiger partial charge in [0.1, 0.15) is 22.9 Å². The second-order valence-electron chi connectivity index (χ2n) is 8.05. The fourth-order valence-electron chi connectivity index (χ4n) is 3.70. The molecule has 4 rings (SSSR count). The van der Waals surface area contributed by atoms with Crippen LogP contribution in [0.15, 0.2) is 47.1 Å². The van der Waals surface area contributed by atoms with Crippen LogP contribution in [0.2, 0.25) is 10.0 Å². The van der Waals surface area contributed by atoms with Gasteiger partial charge >= 0.3 is 12.1 Å². The first-order valence-corrected chi connectivity index (χ1v) is 11.2. The molecule has 0 atom stereocenters. The summed E-state index contributed by atoms with van der Waals surface area (Å²) in [6.45, 7) is 2.83. The maximum Gasteiger partial charge on any atom is 0.434 e. The first-order chi connectivity index (χ1) is 17.2. The van der Waals surface area contributed by atoms with Gasteiger partial charge in [0, 0.05) is 5.02 Å². The number of hydrogen-bond acceptors (Lipinski definition) is 6. The van der Waals surface area contributed by atoms with Gasteiger partial charge in [0.25, 0.3) is 0 Å². The van der Waals surface area contributed by atoms with Crippen LogP contribution < -0.4 is 0 Å². The van der Waals surface area contributed by atoms with E-state index in [1.54, 1.807) is 0 Å². The maximum absolute atomic E-state index is 14.7. The van der Waals surface area contributed by atoms with Crippen LogP contribution in [0.1, 0.15) is 25.1 Å². The van der Waals surface area contributed by atoms with Crippen molar-refractivity contribution in [2.45, 2.75) is 32.1 Å². The van der Waals surface area contributed by atoms with Crippen LogP contribution in [0.25, 0.3) is 28.3 Å². The summed E-state index contributed by atoms with van der Waals surface area (Å²) in [5.74, 6) is -6.09. The third-order valence-corrected chi connectivity index (χ3v) is 5.52. The average Bonchev–Trinajstić information content (AvgIpc) is 3.37. The molecule has 0 aliphatic rings. The van der Waals surface area contributed by atoms with Crippen LogP contribution in [0.3, 0.4) is 0 Å². The molecule has 0 amide bonds. The Balaban J connectivity index is 2.05. The molecule has 7 nitrogen and oxygen atoms in total. The SMILES string of the molecule is CC(C)OC(O)(O)c1c(-c2c(F)cccc2Cl)noc1-c1cnn(-c2cc(F)cc(Cl)c2)c1C(F)(F)F. The van der Waals surface area contributed by atoms with Crippen LogP contribution in [-0.2, 0) is 16.9 Å². The molecule has 14 heteroatoms. The minimum atomic E-state index is -5.14. The zero-order chi connectivity index (χ0) is 27.3. The van der Waals surface area contributed by atoms with E-state index in [2.05, 4.69) is 10.3 Å². The highest BCUT2D eigenvalue weighted by Crippen LogP contribution is 2.46. The molecule has 0 aliphatic carbocycles.